The number of imidazole rings is 1. The first-order valence-corrected chi connectivity index (χ1v) is 7.10. The molecule has 0 radical (unpaired) electrons. The number of aromatic nitrogens is 2. The fourth-order valence-electron chi connectivity index (χ4n) is 2.64. The lowest BCUT2D eigenvalue weighted by Crippen LogP contribution is -2.35. The number of hydrogen-bond donors (Lipinski definition) is 2. The van der Waals surface area contributed by atoms with Gasteiger partial charge in [0, 0.05) is 25.9 Å². The van der Waals surface area contributed by atoms with Gasteiger partial charge in [0.05, 0.1) is 6.54 Å². The lowest BCUT2D eigenvalue weighted by molar-refractivity contribution is -0.122. The van der Waals surface area contributed by atoms with Crippen molar-refractivity contribution in [3.05, 3.63) is 18.2 Å². The summed E-state index contributed by atoms with van der Waals surface area (Å²) in [6.45, 7) is 4.86. The molecule has 2 rings (SSSR count). The Morgan fingerprint density at radius 1 is 1.57 bits per heavy atom. The Morgan fingerprint density at radius 3 is 2.90 bits per heavy atom. The molecule has 1 saturated heterocycles. The number of carbonyl (C=O) groups excluding carboxylic acids is 1. The quantitative estimate of drug-likeness (QED) is 0.863. The van der Waals surface area contributed by atoms with E-state index in [4.69, 9.17) is 0 Å². The molecule has 0 saturated carbocycles. The van der Waals surface area contributed by atoms with Crippen LogP contribution in [-0.2, 0) is 18.4 Å². The molecule has 1 aromatic rings. The second-order valence-corrected chi connectivity index (χ2v) is 5.52. The van der Waals surface area contributed by atoms with Gasteiger partial charge in [0.1, 0.15) is 5.82 Å². The summed E-state index contributed by atoms with van der Waals surface area (Å²) in [6, 6.07) is 0. The van der Waals surface area contributed by atoms with Gasteiger partial charge in [-0.25, -0.2) is 4.98 Å². The van der Waals surface area contributed by atoms with Crippen molar-refractivity contribution in [2.75, 3.05) is 13.1 Å². The first kappa shape index (κ1) is 20.2. The van der Waals surface area contributed by atoms with Crippen LogP contribution in [0.5, 0.6) is 0 Å². The van der Waals surface area contributed by atoms with Crippen molar-refractivity contribution >= 4 is 30.7 Å². The van der Waals surface area contributed by atoms with Crippen molar-refractivity contribution in [2.45, 2.75) is 32.7 Å². The van der Waals surface area contributed by atoms with E-state index in [9.17, 15) is 4.79 Å². The largest absolute Gasteiger partial charge is 0.349 e. The fraction of sp³-hybridized carbons (Fsp3) is 0.714. The Kier molecular flexibility index (Phi) is 9.66. The molecule has 0 aromatic carbocycles. The van der Waals surface area contributed by atoms with E-state index < -0.39 is 0 Å². The summed E-state index contributed by atoms with van der Waals surface area (Å²) >= 11 is 0. The highest BCUT2D eigenvalue weighted by molar-refractivity contribution is 5.85. The van der Waals surface area contributed by atoms with Gasteiger partial charge in [-0.2, -0.15) is 0 Å². The van der Waals surface area contributed by atoms with E-state index in [1.165, 1.54) is 12.8 Å². The van der Waals surface area contributed by atoms with Crippen LogP contribution in [0.25, 0.3) is 0 Å². The van der Waals surface area contributed by atoms with E-state index in [1.807, 2.05) is 17.8 Å². The van der Waals surface area contributed by atoms with Crippen LogP contribution in [0.15, 0.2) is 12.4 Å². The molecule has 2 N–H and O–H groups in total. The molecule has 1 aliphatic heterocycles. The monoisotopic (exact) mass is 336 g/mol. The molecule has 2 heterocycles. The standard InChI is InChI=1S/C14H24N4O.2ClH/c1-11(12-4-3-5-15-9-12)8-14(19)17-10-13-16-6-7-18(13)2;;/h6-7,11-12,15H,3-5,8-10H2,1-2H3,(H,17,19);2*1H. The third-order valence-electron chi connectivity index (χ3n) is 4.01. The van der Waals surface area contributed by atoms with E-state index >= 15 is 0 Å². The predicted octanol–water partition coefficient (Wildman–Crippen LogP) is 1.91. The lowest BCUT2D eigenvalue weighted by atomic mass is 9.85. The molecule has 21 heavy (non-hydrogen) atoms. The second-order valence-electron chi connectivity index (χ2n) is 5.52. The second kappa shape index (κ2) is 10.0. The fourth-order valence-corrected chi connectivity index (χ4v) is 2.64. The van der Waals surface area contributed by atoms with Gasteiger partial charge in [-0.3, -0.25) is 4.79 Å². The maximum Gasteiger partial charge on any atom is 0.220 e. The van der Waals surface area contributed by atoms with Crippen LogP contribution in [0.4, 0.5) is 0 Å². The number of nitrogens with one attached hydrogen (secondary N) is 2. The predicted molar refractivity (Wildman–Crippen MR) is 88.9 cm³/mol. The first-order valence-electron chi connectivity index (χ1n) is 7.10. The summed E-state index contributed by atoms with van der Waals surface area (Å²) in [5.74, 6) is 2.09. The molecule has 2 atom stereocenters. The van der Waals surface area contributed by atoms with Gasteiger partial charge >= 0.3 is 0 Å². The molecule has 1 aromatic heterocycles. The van der Waals surface area contributed by atoms with Crippen LogP contribution in [-0.4, -0.2) is 28.5 Å². The molecule has 0 spiro atoms. The van der Waals surface area contributed by atoms with Crippen LogP contribution in [0.1, 0.15) is 32.0 Å². The summed E-state index contributed by atoms with van der Waals surface area (Å²) < 4.78 is 1.93. The summed E-state index contributed by atoms with van der Waals surface area (Å²) in [5.41, 5.74) is 0. The van der Waals surface area contributed by atoms with Gasteiger partial charge in [0.2, 0.25) is 5.91 Å². The molecular formula is C14H26Cl2N4O. The Labute approximate surface area is 139 Å². The van der Waals surface area contributed by atoms with Gasteiger partial charge in [0.25, 0.3) is 0 Å². The molecule has 0 bridgehead atoms. The number of halogens is 2. The van der Waals surface area contributed by atoms with Crippen LogP contribution in [0.3, 0.4) is 0 Å². The van der Waals surface area contributed by atoms with Gasteiger partial charge in [-0.1, -0.05) is 6.92 Å². The summed E-state index contributed by atoms with van der Waals surface area (Å²) in [7, 11) is 1.94. The van der Waals surface area contributed by atoms with Gasteiger partial charge in [-0.15, -0.1) is 24.8 Å². The Balaban J connectivity index is 0.00000200. The number of hydrogen-bond acceptors (Lipinski definition) is 3. The molecule has 0 aliphatic carbocycles. The van der Waals surface area contributed by atoms with Crippen molar-refractivity contribution in [1.82, 2.24) is 20.2 Å². The molecule has 2 unspecified atom stereocenters. The normalized spacial score (nSPS) is 19.0. The van der Waals surface area contributed by atoms with E-state index in [-0.39, 0.29) is 30.7 Å². The maximum atomic E-state index is 11.9. The smallest absolute Gasteiger partial charge is 0.220 e. The molecular weight excluding hydrogens is 311 g/mol. The zero-order chi connectivity index (χ0) is 13.7. The van der Waals surface area contributed by atoms with Crippen LogP contribution in [0, 0.1) is 11.8 Å². The van der Waals surface area contributed by atoms with Gasteiger partial charge < -0.3 is 15.2 Å². The van der Waals surface area contributed by atoms with Gasteiger partial charge in [0.15, 0.2) is 0 Å². The molecule has 1 fully saturated rings. The minimum absolute atomic E-state index is 0. The zero-order valence-electron chi connectivity index (χ0n) is 12.7. The highest BCUT2D eigenvalue weighted by Gasteiger charge is 2.21. The Bertz CT molecular complexity index is 419. The molecule has 1 amide bonds. The third-order valence-corrected chi connectivity index (χ3v) is 4.01. The number of carbonyl (C=O) groups is 1. The SMILES string of the molecule is CC(CC(=O)NCc1nccn1C)C1CCCNC1.Cl.Cl. The number of amides is 1. The van der Waals surface area contributed by atoms with Crippen molar-refractivity contribution < 1.29 is 4.79 Å². The highest BCUT2D eigenvalue weighted by Crippen LogP contribution is 2.22. The zero-order valence-corrected chi connectivity index (χ0v) is 14.3. The van der Waals surface area contributed by atoms with Crippen LogP contribution < -0.4 is 10.6 Å². The summed E-state index contributed by atoms with van der Waals surface area (Å²) in [4.78, 5) is 16.1. The van der Waals surface area contributed by atoms with Crippen molar-refractivity contribution in [3.63, 3.8) is 0 Å². The van der Waals surface area contributed by atoms with Crippen molar-refractivity contribution in [2.24, 2.45) is 18.9 Å². The highest BCUT2D eigenvalue weighted by atomic mass is 35.5. The van der Waals surface area contributed by atoms with E-state index in [1.54, 1.807) is 6.20 Å². The average Bonchev–Trinajstić information content (AvgIpc) is 2.83. The number of rotatable bonds is 5. The van der Waals surface area contributed by atoms with Crippen molar-refractivity contribution in [3.8, 4) is 0 Å². The van der Waals surface area contributed by atoms with E-state index in [0.29, 0.717) is 24.8 Å². The van der Waals surface area contributed by atoms with Gasteiger partial charge in [-0.05, 0) is 37.8 Å². The third kappa shape index (κ3) is 6.24. The molecule has 5 nitrogen and oxygen atoms in total. The summed E-state index contributed by atoms with van der Waals surface area (Å²) in [5, 5.41) is 6.36. The first-order chi connectivity index (χ1) is 9.16. The van der Waals surface area contributed by atoms with Crippen LogP contribution in [0.2, 0.25) is 0 Å². The minimum Gasteiger partial charge on any atom is -0.349 e. The molecule has 122 valence electrons. The van der Waals surface area contributed by atoms with Crippen molar-refractivity contribution in [1.29, 1.82) is 0 Å². The van der Waals surface area contributed by atoms with Crippen LogP contribution >= 0.6 is 24.8 Å². The van der Waals surface area contributed by atoms with E-state index in [2.05, 4.69) is 22.5 Å². The summed E-state index contributed by atoms with van der Waals surface area (Å²) in [6.07, 6.45) is 6.71. The number of aryl methyl sites for hydroxylation is 1. The molecule has 7 heteroatoms. The van der Waals surface area contributed by atoms with E-state index in [0.717, 1.165) is 18.9 Å². The maximum absolute atomic E-state index is 11.9. The number of nitrogens with zero attached hydrogens (tertiary/aromatic N) is 2. The minimum atomic E-state index is 0. The molecule has 1 aliphatic rings. The lowest BCUT2D eigenvalue weighted by Gasteiger charge is -2.28. The number of piperidine rings is 1. The Morgan fingerprint density at radius 2 is 2.33 bits per heavy atom. The Hall–Kier alpha value is -0.780. The topological polar surface area (TPSA) is 59.0 Å². The average molecular weight is 337 g/mol.